The Hall–Kier alpha value is -2.68. The molecule has 1 aromatic heterocycles. The highest BCUT2D eigenvalue weighted by molar-refractivity contribution is 5.92. The Morgan fingerprint density at radius 3 is 2.83 bits per heavy atom. The van der Waals surface area contributed by atoms with E-state index in [0.29, 0.717) is 39.0 Å². The number of aromatic amines is 1. The van der Waals surface area contributed by atoms with Crippen molar-refractivity contribution >= 4 is 17.7 Å². The molecule has 0 bridgehead atoms. The first-order valence-corrected chi connectivity index (χ1v) is 10.1. The van der Waals surface area contributed by atoms with Crippen molar-refractivity contribution in [2.75, 3.05) is 26.2 Å². The molecule has 1 aliphatic carbocycles. The maximum atomic E-state index is 12.9. The molecule has 0 aromatic carbocycles. The van der Waals surface area contributed by atoms with E-state index in [1.54, 1.807) is 4.90 Å². The van der Waals surface area contributed by atoms with E-state index in [2.05, 4.69) is 15.6 Å². The number of hydrogen-bond acceptors (Lipinski definition) is 5. The van der Waals surface area contributed by atoms with Gasteiger partial charge in [0.15, 0.2) is 0 Å². The molecule has 0 radical (unpaired) electrons. The number of carbonyl (C=O) groups is 3. The molecule has 1 aromatic rings. The van der Waals surface area contributed by atoms with Gasteiger partial charge in [-0.2, -0.15) is 0 Å². The van der Waals surface area contributed by atoms with Crippen LogP contribution in [0.1, 0.15) is 43.1 Å². The Kier molecular flexibility index (Phi) is 7.03. The molecule has 2 aliphatic rings. The zero-order valence-electron chi connectivity index (χ0n) is 16.6. The molecular weight excluding hydrogens is 376 g/mol. The van der Waals surface area contributed by atoms with Gasteiger partial charge < -0.3 is 25.3 Å². The smallest absolute Gasteiger partial charge is 0.268 e. The Morgan fingerprint density at radius 2 is 2.10 bits per heavy atom. The van der Waals surface area contributed by atoms with Gasteiger partial charge in [-0.15, -0.1) is 0 Å². The zero-order chi connectivity index (χ0) is 20.8. The van der Waals surface area contributed by atoms with E-state index < -0.39 is 5.91 Å². The Morgan fingerprint density at radius 1 is 1.28 bits per heavy atom. The van der Waals surface area contributed by atoms with E-state index in [4.69, 9.17) is 4.74 Å². The molecule has 1 aliphatic heterocycles. The largest absolute Gasteiger partial charge is 0.376 e. The van der Waals surface area contributed by atoms with E-state index in [1.165, 1.54) is 18.2 Å². The average Bonchev–Trinajstić information content (AvgIpc) is 2.72. The van der Waals surface area contributed by atoms with Crippen molar-refractivity contribution in [3.8, 4) is 0 Å². The van der Waals surface area contributed by atoms with Crippen LogP contribution in [0.15, 0.2) is 23.0 Å². The molecule has 0 spiro atoms. The van der Waals surface area contributed by atoms with Crippen molar-refractivity contribution in [2.24, 2.45) is 5.92 Å². The lowest BCUT2D eigenvalue weighted by Gasteiger charge is -2.38. The highest BCUT2D eigenvalue weighted by atomic mass is 16.5. The van der Waals surface area contributed by atoms with E-state index in [9.17, 15) is 19.2 Å². The Labute approximate surface area is 169 Å². The lowest BCUT2D eigenvalue weighted by atomic mass is 9.82. The predicted octanol–water partition coefficient (Wildman–Crippen LogP) is 0.0270. The van der Waals surface area contributed by atoms with Gasteiger partial charge in [0.1, 0.15) is 5.69 Å². The highest BCUT2D eigenvalue weighted by Crippen LogP contribution is 2.29. The number of aromatic nitrogens is 1. The van der Waals surface area contributed by atoms with Crippen molar-refractivity contribution in [1.82, 2.24) is 20.5 Å². The first-order chi connectivity index (χ1) is 14.0. The predicted molar refractivity (Wildman–Crippen MR) is 105 cm³/mol. The number of amides is 3. The molecule has 9 nitrogen and oxygen atoms in total. The van der Waals surface area contributed by atoms with Crippen molar-refractivity contribution in [2.45, 2.75) is 44.8 Å². The summed E-state index contributed by atoms with van der Waals surface area (Å²) in [5.74, 6) is -0.880. The van der Waals surface area contributed by atoms with Gasteiger partial charge in [0.25, 0.3) is 5.91 Å². The molecular formula is C20H28N4O5. The number of hydrogen-bond donors (Lipinski definition) is 3. The molecule has 3 rings (SSSR count). The topological polar surface area (TPSA) is 121 Å². The van der Waals surface area contributed by atoms with Crippen LogP contribution in [0.3, 0.4) is 0 Å². The molecule has 158 valence electrons. The van der Waals surface area contributed by atoms with Gasteiger partial charge in [0, 0.05) is 31.7 Å². The summed E-state index contributed by atoms with van der Waals surface area (Å²) in [6.07, 6.45) is 2.40. The Bertz CT molecular complexity index is 808. The molecule has 0 unspecified atom stereocenters. The maximum absolute atomic E-state index is 12.9. The van der Waals surface area contributed by atoms with Crippen LogP contribution in [-0.2, 0) is 14.3 Å². The van der Waals surface area contributed by atoms with Crippen LogP contribution in [0.25, 0.3) is 0 Å². The molecule has 3 amide bonds. The van der Waals surface area contributed by atoms with E-state index >= 15 is 0 Å². The first-order valence-electron chi connectivity index (χ1n) is 10.1. The number of carbonyl (C=O) groups excluding carboxylic acids is 3. The molecule has 3 atom stereocenters. The molecule has 3 N–H and O–H groups in total. The van der Waals surface area contributed by atoms with E-state index in [0.717, 1.165) is 6.42 Å². The van der Waals surface area contributed by atoms with Gasteiger partial charge >= 0.3 is 0 Å². The standard InChI is InChI=1S/C20H28N4O5/c1-2-10-29-16-7-6-13(20(28)24-9-8-21-18(26)12-24)11-15(16)23-19(27)14-4-3-5-17(25)22-14/h3-5,13,15-16H,2,6-12H2,1H3,(H,21,26)(H,22,25)(H,23,27)/t13-,15+,16+/m0/s1. The van der Waals surface area contributed by atoms with Gasteiger partial charge in [0.2, 0.25) is 17.4 Å². The SMILES string of the molecule is CCCO[C@@H]1CC[C@H](C(=O)N2CCNC(=O)C2)C[C@H]1NC(=O)c1cccc(=O)[nH]1. The fourth-order valence-electron chi connectivity index (χ4n) is 3.90. The second-order valence-electron chi connectivity index (χ2n) is 7.54. The summed E-state index contributed by atoms with van der Waals surface area (Å²) in [6.45, 7) is 3.62. The third-order valence-corrected chi connectivity index (χ3v) is 5.35. The number of rotatable bonds is 6. The van der Waals surface area contributed by atoms with E-state index in [-0.39, 0.29) is 47.7 Å². The second kappa shape index (κ2) is 9.69. The first kappa shape index (κ1) is 21.0. The summed E-state index contributed by atoms with van der Waals surface area (Å²) >= 11 is 0. The van der Waals surface area contributed by atoms with Gasteiger partial charge in [-0.05, 0) is 31.7 Å². The normalized spacial score (nSPS) is 24.7. The van der Waals surface area contributed by atoms with Gasteiger partial charge in [-0.3, -0.25) is 19.2 Å². The third kappa shape index (κ3) is 5.44. The minimum absolute atomic E-state index is 0.0545. The van der Waals surface area contributed by atoms with Crippen LogP contribution in [0.2, 0.25) is 0 Å². The minimum Gasteiger partial charge on any atom is -0.376 e. The number of piperazine rings is 1. The fourth-order valence-corrected chi connectivity index (χ4v) is 3.90. The van der Waals surface area contributed by atoms with Crippen LogP contribution < -0.4 is 16.2 Å². The van der Waals surface area contributed by atoms with E-state index in [1.807, 2.05) is 6.92 Å². The number of H-pyrrole nitrogens is 1. The highest BCUT2D eigenvalue weighted by Gasteiger charge is 2.38. The molecule has 9 heteroatoms. The second-order valence-corrected chi connectivity index (χ2v) is 7.54. The average molecular weight is 404 g/mol. The lowest BCUT2D eigenvalue weighted by Crippen LogP contribution is -2.54. The number of pyridine rings is 1. The van der Waals surface area contributed by atoms with Crippen LogP contribution in [-0.4, -0.2) is 66.0 Å². The quantitative estimate of drug-likeness (QED) is 0.618. The monoisotopic (exact) mass is 404 g/mol. The number of ether oxygens (including phenoxy) is 1. The summed E-state index contributed by atoms with van der Waals surface area (Å²) in [5.41, 5.74) is -0.176. The molecule has 1 saturated carbocycles. The molecule has 29 heavy (non-hydrogen) atoms. The van der Waals surface area contributed by atoms with Gasteiger partial charge in [-0.1, -0.05) is 13.0 Å². The van der Waals surface area contributed by atoms with Crippen LogP contribution in [0.4, 0.5) is 0 Å². The summed E-state index contributed by atoms with van der Waals surface area (Å²) in [5, 5.41) is 5.65. The van der Waals surface area contributed by atoms with Crippen LogP contribution in [0, 0.1) is 5.92 Å². The van der Waals surface area contributed by atoms with Gasteiger partial charge in [-0.25, -0.2) is 0 Å². The summed E-state index contributed by atoms with van der Waals surface area (Å²) < 4.78 is 5.92. The van der Waals surface area contributed by atoms with Crippen LogP contribution >= 0.6 is 0 Å². The van der Waals surface area contributed by atoms with Crippen LogP contribution in [0.5, 0.6) is 0 Å². The number of nitrogens with one attached hydrogen (secondary N) is 3. The lowest BCUT2D eigenvalue weighted by molar-refractivity contribution is -0.143. The van der Waals surface area contributed by atoms with Crippen molar-refractivity contribution < 1.29 is 19.1 Å². The van der Waals surface area contributed by atoms with Crippen molar-refractivity contribution in [3.63, 3.8) is 0 Å². The van der Waals surface area contributed by atoms with Crippen molar-refractivity contribution in [1.29, 1.82) is 0 Å². The summed E-state index contributed by atoms with van der Waals surface area (Å²) in [6, 6.07) is 4.05. The number of nitrogens with zero attached hydrogens (tertiary/aromatic N) is 1. The van der Waals surface area contributed by atoms with Gasteiger partial charge in [0.05, 0.1) is 18.7 Å². The molecule has 2 fully saturated rings. The zero-order valence-corrected chi connectivity index (χ0v) is 16.6. The summed E-state index contributed by atoms with van der Waals surface area (Å²) in [4.78, 5) is 52.7. The fraction of sp³-hybridized carbons (Fsp3) is 0.600. The summed E-state index contributed by atoms with van der Waals surface area (Å²) in [7, 11) is 0. The Balaban J connectivity index is 1.69. The molecule has 1 saturated heterocycles. The van der Waals surface area contributed by atoms with Crippen molar-refractivity contribution in [3.05, 3.63) is 34.2 Å². The maximum Gasteiger partial charge on any atom is 0.268 e. The minimum atomic E-state index is -0.400. The molecule has 2 heterocycles. The third-order valence-electron chi connectivity index (χ3n) is 5.35.